The summed E-state index contributed by atoms with van der Waals surface area (Å²) >= 11 is 2.52. The van der Waals surface area contributed by atoms with Crippen LogP contribution in [0.25, 0.3) is 0 Å². The molecule has 6 N–H and O–H groups in total. The van der Waals surface area contributed by atoms with Gasteiger partial charge >= 0.3 is 0 Å². The molecule has 0 amide bonds. The molecular weight excluding hydrogens is 279 g/mol. The van der Waals surface area contributed by atoms with Gasteiger partial charge in [0.15, 0.2) is 10.3 Å². The molecule has 0 atom stereocenters. The maximum atomic E-state index is 6.90. The molecule has 0 rings (SSSR count). The molecule has 0 saturated carbocycles. The fourth-order valence-electron chi connectivity index (χ4n) is 0.523. The van der Waals surface area contributed by atoms with Gasteiger partial charge in [0, 0.05) is 11.5 Å². The highest BCUT2D eigenvalue weighted by molar-refractivity contribution is 8.13. The molecular formula is C6H16Cl2N4OS2. The quantitative estimate of drug-likeness (QED) is 0.333. The maximum absolute atomic E-state index is 6.90. The zero-order chi connectivity index (χ0) is 10.1. The average Bonchev–Trinajstić information content (AvgIpc) is 2.01. The number of nitrogens with two attached hydrogens (primary N) is 2. The zero-order valence-electron chi connectivity index (χ0n) is 8.02. The topological polar surface area (TPSA) is 109 Å². The van der Waals surface area contributed by atoms with Gasteiger partial charge in [-0.2, -0.15) is 0 Å². The third kappa shape index (κ3) is 20.3. The number of ether oxygens (including phenoxy) is 1. The standard InChI is InChI=1S/C6H14N4OS2.2ClH/c7-5(8)12-3-1-11-2-4-13-6(9)10;;/h1-4H2,(H3,7,8)(H3,9,10);2*1H. The Balaban J connectivity index is -0.000000720. The van der Waals surface area contributed by atoms with Gasteiger partial charge in [0.25, 0.3) is 0 Å². The van der Waals surface area contributed by atoms with Crippen LogP contribution < -0.4 is 11.5 Å². The molecule has 9 heteroatoms. The van der Waals surface area contributed by atoms with Gasteiger partial charge in [0.05, 0.1) is 13.2 Å². The lowest BCUT2D eigenvalue weighted by Gasteiger charge is -2.02. The second kappa shape index (κ2) is 14.2. The summed E-state index contributed by atoms with van der Waals surface area (Å²) in [6.07, 6.45) is 0. The van der Waals surface area contributed by atoms with Crippen LogP contribution in [0.15, 0.2) is 0 Å². The van der Waals surface area contributed by atoms with Crippen molar-refractivity contribution in [2.75, 3.05) is 24.7 Å². The van der Waals surface area contributed by atoms with E-state index >= 15 is 0 Å². The van der Waals surface area contributed by atoms with E-state index in [1.54, 1.807) is 0 Å². The predicted octanol–water partition coefficient (Wildman–Crippen LogP) is 1.10. The summed E-state index contributed by atoms with van der Waals surface area (Å²) in [5.74, 6) is 1.39. The maximum Gasteiger partial charge on any atom is 0.151 e. The molecule has 0 aliphatic rings. The van der Waals surface area contributed by atoms with Crippen molar-refractivity contribution in [3.63, 3.8) is 0 Å². The van der Waals surface area contributed by atoms with Gasteiger partial charge in [-0.15, -0.1) is 24.8 Å². The largest absolute Gasteiger partial charge is 0.380 e. The second-order valence-corrected chi connectivity index (χ2v) is 4.31. The van der Waals surface area contributed by atoms with Crippen molar-refractivity contribution in [2.45, 2.75) is 0 Å². The molecule has 92 valence electrons. The van der Waals surface area contributed by atoms with E-state index in [4.69, 9.17) is 27.0 Å². The number of rotatable bonds is 6. The lowest BCUT2D eigenvalue weighted by Crippen LogP contribution is -2.10. The fraction of sp³-hybridized carbons (Fsp3) is 0.667. The molecule has 0 saturated heterocycles. The average molecular weight is 295 g/mol. The fourth-order valence-corrected chi connectivity index (χ4v) is 1.37. The molecule has 0 heterocycles. The van der Waals surface area contributed by atoms with Crippen LogP contribution in [-0.4, -0.2) is 35.1 Å². The molecule has 0 aromatic carbocycles. The van der Waals surface area contributed by atoms with Crippen molar-refractivity contribution in [3.05, 3.63) is 0 Å². The van der Waals surface area contributed by atoms with Crippen LogP contribution in [0.1, 0.15) is 0 Å². The van der Waals surface area contributed by atoms with Crippen LogP contribution >= 0.6 is 48.3 Å². The Bertz CT molecular complexity index is 167. The minimum absolute atomic E-state index is 0. The Hall–Kier alpha value is 0.180. The number of hydrogen-bond acceptors (Lipinski definition) is 5. The lowest BCUT2D eigenvalue weighted by atomic mass is 10.8. The van der Waals surface area contributed by atoms with Crippen molar-refractivity contribution < 1.29 is 4.74 Å². The number of thioether (sulfide) groups is 2. The van der Waals surface area contributed by atoms with Gasteiger partial charge in [-0.05, 0) is 0 Å². The summed E-state index contributed by atoms with van der Waals surface area (Å²) in [5.41, 5.74) is 10.2. The molecule has 5 nitrogen and oxygen atoms in total. The molecule has 0 aromatic heterocycles. The van der Waals surface area contributed by atoms with Gasteiger partial charge in [-0.25, -0.2) is 0 Å². The second-order valence-electron chi connectivity index (χ2n) is 2.04. The Kier molecular flexibility index (Phi) is 19.4. The van der Waals surface area contributed by atoms with E-state index in [0.717, 1.165) is 0 Å². The Morgan fingerprint density at radius 2 is 1.27 bits per heavy atom. The highest BCUT2D eigenvalue weighted by Crippen LogP contribution is 1.99. The van der Waals surface area contributed by atoms with Gasteiger partial charge in [-0.1, -0.05) is 23.5 Å². The predicted molar refractivity (Wildman–Crippen MR) is 74.1 cm³/mol. The summed E-state index contributed by atoms with van der Waals surface area (Å²) in [6.45, 7) is 1.14. The third-order valence-electron chi connectivity index (χ3n) is 0.970. The number of halogens is 2. The zero-order valence-corrected chi connectivity index (χ0v) is 11.3. The van der Waals surface area contributed by atoms with E-state index < -0.39 is 0 Å². The van der Waals surface area contributed by atoms with Gasteiger partial charge in [-0.3, -0.25) is 10.8 Å². The normalized spacial score (nSPS) is 8.53. The lowest BCUT2D eigenvalue weighted by molar-refractivity contribution is 0.167. The van der Waals surface area contributed by atoms with E-state index in [9.17, 15) is 0 Å². The molecule has 0 aliphatic heterocycles. The first kappa shape index (κ1) is 20.6. The van der Waals surface area contributed by atoms with E-state index in [2.05, 4.69) is 0 Å². The molecule has 0 unspecified atom stereocenters. The van der Waals surface area contributed by atoms with E-state index in [0.29, 0.717) is 24.7 Å². The van der Waals surface area contributed by atoms with Crippen molar-refractivity contribution in [1.29, 1.82) is 10.8 Å². The summed E-state index contributed by atoms with van der Waals surface area (Å²) in [7, 11) is 0. The third-order valence-corrected chi connectivity index (χ3v) is 2.33. The first-order valence-electron chi connectivity index (χ1n) is 3.64. The summed E-state index contributed by atoms with van der Waals surface area (Å²) in [5, 5.41) is 14.0. The SMILES string of the molecule is Cl.Cl.N=C(N)SCCOCCSC(=N)N. The highest BCUT2D eigenvalue weighted by atomic mass is 35.5. The Morgan fingerprint density at radius 1 is 0.933 bits per heavy atom. The van der Waals surface area contributed by atoms with E-state index in [1.165, 1.54) is 23.5 Å². The van der Waals surface area contributed by atoms with E-state index in [1.807, 2.05) is 0 Å². The van der Waals surface area contributed by atoms with Gasteiger partial charge in [0.1, 0.15) is 0 Å². The highest BCUT2D eigenvalue weighted by Gasteiger charge is 1.93. The van der Waals surface area contributed by atoms with Crippen LogP contribution in [0, 0.1) is 10.8 Å². The molecule has 0 spiro atoms. The summed E-state index contributed by atoms with van der Waals surface area (Å²) in [4.78, 5) is 0. The van der Waals surface area contributed by atoms with Gasteiger partial charge < -0.3 is 16.2 Å². The number of amidine groups is 2. The minimum Gasteiger partial charge on any atom is -0.380 e. The van der Waals surface area contributed by atoms with Crippen LogP contribution in [0.5, 0.6) is 0 Å². The Morgan fingerprint density at radius 3 is 1.53 bits per heavy atom. The molecule has 0 radical (unpaired) electrons. The molecule has 0 aromatic rings. The summed E-state index contributed by atoms with van der Waals surface area (Å²) < 4.78 is 5.19. The van der Waals surface area contributed by atoms with Crippen LogP contribution in [-0.2, 0) is 4.74 Å². The van der Waals surface area contributed by atoms with E-state index in [-0.39, 0.29) is 35.1 Å². The minimum atomic E-state index is 0. The molecule has 15 heavy (non-hydrogen) atoms. The Labute approximate surface area is 110 Å². The van der Waals surface area contributed by atoms with Crippen molar-refractivity contribution in [3.8, 4) is 0 Å². The molecule has 0 aliphatic carbocycles. The van der Waals surface area contributed by atoms with Crippen LogP contribution in [0.3, 0.4) is 0 Å². The molecule has 0 fully saturated rings. The van der Waals surface area contributed by atoms with Crippen molar-refractivity contribution in [1.82, 2.24) is 0 Å². The van der Waals surface area contributed by atoms with Crippen LogP contribution in [0.4, 0.5) is 0 Å². The van der Waals surface area contributed by atoms with Crippen molar-refractivity contribution >= 4 is 58.7 Å². The number of nitrogens with one attached hydrogen (secondary N) is 2. The molecule has 0 bridgehead atoms. The first-order valence-corrected chi connectivity index (χ1v) is 5.61. The van der Waals surface area contributed by atoms with Crippen LogP contribution in [0.2, 0.25) is 0 Å². The summed E-state index contributed by atoms with van der Waals surface area (Å²) in [6, 6.07) is 0. The number of hydrogen-bond donors (Lipinski definition) is 4. The first-order chi connectivity index (χ1) is 6.13. The van der Waals surface area contributed by atoms with Crippen molar-refractivity contribution in [2.24, 2.45) is 11.5 Å². The smallest absolute Gasteiger partial charge is 0.151 e. The monoisotopic (exact) mass is 294 g/mol. The van der Waals surface area contributed by atoms with Gasteiger partial charge in [0.2, 0.25) is 0 Å².